The van der Waals surface area contributed by atoms with Gasteiger partial charge in [0.2, 0.25) is 0 Å². The van der Waals surface area contributed by atoms with Crippen molar-refractivity contribution in [3.63, 3.8) is 0 Å². The summed E-state index contributed by atoms with van der Waals surface area (Å²) in [4.78, 5) is 7.02. The lowest BCUT2D eigenvalue weighted by molar-refractivity contribution is 0.700. The van der Waals surface area contributed by atoms with Crippen molar-refractivity contribution in [1.82, 2.24) is 10.6 Å². The average Bonchev–Trinajstić information content (AvgIpc) is 2.44. The molecule has 0 aromatic heterocycles. The fourth-order valence-electron chi connectivity index (χ4n) is 2.70. The fourth-order valence-corrected chi connectivity index (χ4v) is 2.70. The molecule has 4 nitrogen and oxygen atoms in total. The Hall–Kier alpha value is -0.980. The van der Waals surface area contributed by atoms with Crippen LogP contribution in [0, 0.1) is 0 Å². The van der Waals surface area contributed by atoms with Crippen LogP contribution in [0.15, 0.2) is 23.2 Å². The largest absolute Gasteiger partial charge is 0.374 e. The zero-order valence-electron chi connectivity index (χ0n) is 14.1. The summed E-state index contributed by atoms with van der Waals surface area (Å²) in [6.45, 7) is 9.11. The van der Waals surface area contributed by atoms with E-state index < -0.39 is 0 Å². The summed E-state index contributed by atoms with van der Waals surface area (Å²) < 4.78 is 0. The standard InChI is InChI=1S/C17H28N4.HI/c1-5-18-17(20-13(2)3)19-12-14-8-9-16-15(11-14)7-6-10-21(16)4;/h8-9,11,13H,5-7,10,12H2,1-4H3,(H2,18,19,20);1H. The van der Waals surface area contributed by atoms with E-state index in [1.165, 1.54) is 29.7 Å². The Labute approximate surface area is 151 Å². The molecule has 22 heavy (non-hydrogen) atoms. The van der Waals surface area contributed by atoms with Gasteiger partial charge in [-0.1, -0.05) is 12.1 Å². The summed E-state index contributed by atoms with van der Waals surface area (Å²) in [5.74, 6) is 0.891. The Morgan fingerprint density at radius 3 is 2.82 bits per heavy atom. The van der Waals surface area contributed by atoms with E-state index in [1.807, 2.05) is 0 Å². The van der Waals surface area contributed by atoms with Gasteiger partial charge in [-0.3, -0.25) is 0 Å². The third-order valence-corrected chi connectivity index (χ3v) is 3.68. The lowest BCUT2D eigenvalue weighted by Crippen LogP contribution is -2.41. The highest BCUT2D eigenvalue weighted by Gasteiger charge is 2.13. The Bertz CT molecular complexity index is 499. The smallest absolute Gasteiger partial charge is 0.191 e. The minimum atomic E-state index is 0. The van der Waals surface area contributed by atoms with Crippen LogP contribution >= 0.6 is 24.0 Å². The molecular formula is C17H29IN4. The van der Waals surface area contributed by atoms with E-state index in [0.717, 1.165) is 25.6 Å². The van der Waals surface area contributed by atoms with Crippen LogP contribution in [0.4, 0.5) is 5.69 Å². The molecule has 1 heterocycles. The third-order valence-electron chi connectivity index (χ3n) is 3.68. The predicted octanol–water partition coefficient (Wildman–Crippen LogP) is 3.15. The molecule has 124 valence electrons. The first-order valence-corrected chi connectivity index (χ1v) is 7.98. The molecule has 5 heteroatoms. The van der Waals surface area contributed by atoms with Gasteiger partial charge in [0.15, 0.2) is 5.96 Å². The monoisotopic (exact) mass is 416 g/mol. The summed E-state index contributed by atoms with van der Waals surface area (Å²) in [7, 11) is 2.17. The summed E-state index contributed by atoms with van der Waals surface area (Å²) in [6.07, 6.45) is 2.43. The van der Waals surface area contributed by atoms with Crippen LogP contribution in [-0.2, 0) is 13.0 Å². The molecule has 0 unspecified atom stereocenters. The van der Waals surface area contributed by atoms with Crippen molar-refractivity contribution in [2.45, 2.75) is 46.2 Å². The van der Waals surface area contributed by atoms with Crippen molar-refractivity contribution in [2.24, 2.45) is 4.99 Å². The maximum Gasteiger partial charge on any atom is 0.191 e. The number of hydrogen-bond acceptors (Lipinski definition) is 2. The SMILES string of the molecule is CCNC(=NCc1ccc2c(c1)CCCN2C)NC(C)C.I. The molecule has 2 rings (SSSR count). The van der Waals surface area contributed by atoms with Gasteiger partial charge in [0, 0.05) is 31.9 Å². The summed E-state index contributed by atoms with van der Waals surface area (Å²) >= 11 is 0. The van der Waals surface area contributed by atoms with Crippen LogP contribution in [0.3, 0.4) is 0 Å². The Kier molecular flexibility index (Phi) is 8.00. The van der Waals surface area contributed by atoms with Crippen molar-refractivity contribution >= 4 is 35.6 Å². The quantitative estimate of drug-likeness (QED) is 0.450. The van der Waals surface area contributed by atoms with E-state index >= 15 is 0 Å². The van der Waals surface area contributed by atoms with Crippen LogP contribution in [0.2, 0.25) is 0 Å². The van der Waals surface area contributed by atoms with E-state index in [9.17, 15) is 0 Å². The molecule has 0 bridgehead atoms. The Balaban J connectivity index is 0.00000242. The second-order valence-electron chi connectivity index (χ2n) is 5.98. The Morgan fingerprint density at radius 2 is 2.14 bits per heavy atom. The van der Waals surface area contributed by atoms with E-state index in [1.54, 1.807) is 0 Å². The normalized spacial score (nSPS) is 14.4. The molecule has 1 aromatic rings. The maximum absolute atomic E-state index is 4.67. The highest BCUT2D eigenvalue weighted by atomic mass is 127. The fraction of sp³-hybridized carbons (Fsp3) is 0.588. The number of benzene rings is 1. The van der Waals surface area contributed by atoms with Gasteiger partial charge in [-0.2, -0.15) is 0 Å². The van der Waals surface area contributed by atoms with Gasteiger partial charge < -0.3 is 15.5 Å². The second kappa shape index (κ2) is 9.22. The number of fused-ring (bicyclic) bond motifs is 1. The minimum absolute atomic E-state index is 0. The Morgan fingerprint density at radius 1 is 1.36 bits per heavy atom. The third kappa shape index (κ3) is 5.34. The molecule has 0 spiro atoms. The van der Waals surface area contributed by atoms with E-state index in [0.29, 0.717) is 6.04 Å². The first kappa shape index (κ1) is 19.1. The lowest BCUT2D eigenvalue weighted by atomic mass is 10.00. The van der Waals surface area contributed by atoms with Crippen molar-refractivity contribution in [3.05, 3.63) is 29.3 Å². The molecular weight excluding hydrogens is 387 g/mol. The van der Waals surface area contributed by atoms with Crippen molar-refractivity contribution in [3.8, 4) is 0 Å². The maximum atomic E-state index is 4.67. The molecule has 0 aliphatic carbocycles. The van der Waals surface area contributed by atoms with Crippen LogP contribution in [-0.4, -0.2) is 32.1 Å². The van der Waals surface area contributed by atoms with E-state index in [2.05, 4.69) is 66.5 Å². The first-order chi connectivity index (χ1) is 10.1. The number of aryl methyl sites for hydroxylation is 1. The molecule has 0 fully saturated rings. The van der Waals surface area contributed by atoms with Crippen LogP contribution in [0.5, 0.6) is 0 Å². The van der Waals surface area contributed by atoms with Gasteiger partial charge >= 0.3 is 0 Å². The van der Waals surface area contributed by atoms with E-state index in [-0.39, 0.29) is 24.0 Å². The number of guanidine groups is 1. The minimum Gasteiger partial charge on any atom is -0.374 e. The molecule has 1 aliphatic rings. The number of rotatable bonds is 4. The van der Waals surface area contributed by atoms with Crippen LogP contribution in [0.25, 0.3) is 0 Å². The number of anilines is 1. The summed E-state index contributed by atoms with van der Waals surface area (Å²) in [6, 6.07) is 7.14. The first-order valence-electron chi connectivity index (χ1n) is 7.98. The number of hydrogen-bond donors (Lipinski definition) is 2. The highest BCUT2D eigenvalue weighted by Crippen LogP contribution is 2.26. The summed E-state index contributed by atoms with van der Waals surface area (Å²) in [5.41, 5.74) is 4.12. The van der Waals surface area contributed by atoms with Gasteiger partial charge in [0.25, 0.3) is 0 Å². The molecule has 1 aromatic carbocycles. The number of nitrogens with zero attached hydrogens (tertiary/aromatic N) is 2. The predicted molar refractivity (Wildman–Crippen MR) is 107 cm³/mol. The van der Waals surface area contributed by atoms with Crippen molar-refractivity contribution in [1.29, 1.82) is 0 Å². The molecule has 0 radical (unpaired) electrons. The van der Waals surface area contributed by atoms with Gasteiger partial charge in [-0.25, -0.2) is 4.99 Å². The molecule has 1 aliphatic heterocycles. The number of halogens is 1. The lowest BCUT2D eigenvalue weighted by Gasteiger charge is -2.27. The van der Waals surface area contributed by atoms with Crippen molar-refractivity contribution < 1.29 is 0 Å². The van der Waals surface area contributed by atoms with Gasteiger partial charge in [-0.15, -0.1) is 24.0 Å². The summed E-state index contributed by atoms with van der Waals surface area (Å²) in [5, 5.41) is 6.64. The van der Waals surface area contributed by atoms with Gasteiger partial charge in [0.05, 0.1) is 6.54 Å². The zero-order chi connectivity index (χ0) is 15.2. The van der Waals surface area contributed by atoms with Crippen LogP contribution in [0.1, 0.15) is 38.3 Å². The molecule has 0 atom stereocenters. The van der Waals surface area contributed by atoms with E-state index in [4.69, 9.17) is 0 Å². The number of nitrogens with one attached hydrogen (secondary N) is 2. The molecule has 0 saturated heterocycles. The topological polar surface area (TPSA) is 39.7 Å². The van der Waals surface area contributed by atoms with Crippen molar-refractivity contribution in [2.75, 3.05) is 25.0 Å². The molecule has 0 amide bonds. The molecule has 2 N–H and O–H groups in total. The second-order valence-corrected chi connectivity index (χ2v) is 5.98. The highest BCUT2D eigenvalue weighted by molar-refractivity contribution is 14.0. The average molecular weight is 416 g/mol. The molecule has 0 saturated carbocycles. The zero-order valence-corrected chi connectivity index (χ0v) is 16.5. The van der Waals surface area contributed by atoms with Crippen LogP contribution < -0.4 is 15.5 Å². The van der Waals surface area contributed by atoms with Gasteiger partial charge in [0.1, 0.15) is 0 Å². The van der Waals surface area contributed by atoms with Gasteiger partial charge in [-0.05, 0) is 50.8 Å². The number of aliphatic imine (C=N–C) groups is 1.